The maximum absolute atomic E-state index is 5.06. The quantitative estimate of drug-likeness (QED) is 0.179. The largest absolute Gasteiger partial charge is 0.208 e. The zero-order valence-corrected chi connectivity index (χ0v) is 28.2. The van der Waals surface area contributed by atoms with Crippen molar-refractivity contribution in [3.8, 4) is 67.5 Å². The van der Waals surface area contributed by atoms with E-state index in [1.165, 1.54) is 53.6 Å². The molecule has 9 aromatic rings. The van der Waals surface area contributed by atoms with Gasteiger partial charge in [-0.05, 0) is 52.4 Å². The third-order valence-corrected chi connectivity index (χ3v) is 10.3. The van der Waals surface area contributed by atoms with Gasteiger partial charge in [0.2, 0.25) is 0 Å². The molecule has 9 rings (SSSR count). The number of thiophene rings is 1. The average molecular weight is 658 g/mol. The van der Waals surface area contributed by atoms with Gasteiger partial charge in [-0.1, -0.05) is 163 Å². The van der Waals surface area contributed by atoms with Gasteiger partial charge in [-0.25, -0.2) is 15.0 Å². The molecule has 7 aromatic carbocycles. The zero-order valence-electron chi connectivity index (χ0n) is 27.4. The van der Waals surface area contributed by atoms with E-state index in [0.29, 0.717) is 17.5 Å². The molecule has 236 valence electrons. The molecule has 0 aliphatic heterocycles. The van der Waals surface area contributed by atoms with Crippen LogP contribution >= 0.6 is 11.3 Å². The fraction of sp³-hybridized carbons (Fsp3) is 0.0217. The summed E-state index contributed by atoms with van der Waals surface area (Å²) < 4.78 is 2.47. The minimum Gasteiger partial charge on any atom is -0.208 e. The van der Waals surface area contributed by atoms with E-state index in [9.17, 15) is 0 Å². The Bertz CT molecular complexity index is 2630. The van der Waals surface area contributed by atoms with Gasteiger partial charge in [-0.15, -0.1) is 11.3 Å². The summed E-state index contributed by atoms with van der Waals surface area (Å²) in [6.07, 6.45) is 0. The molecular formula is C46H31N3S. The Morgan fingerprint density at radius 2 is 0.860 bits per heavy atom. The number of rotatable bonds is 6. The average Bonchev–Trinajstić information content (AvgIpc) is 3.57. The van der Waals surface area contributed by atoms with Crippen molar-refractivity contribution in [3.05, 3.63) is 175 Å². The molecule has 0 amide bonds. The van der Waals surface area contributed by atoms with Crippen molar-refractivity contribution in [2.75, 3.05) is 0 Å². The third-order valence-electron chi connectivity index (χ3n) is 9.22. The van der Waals surface area contributed by atoms with Crippen molar-refractivity contribution >= 4 is 31.5 Å². The minimum atomic E-state index is 0.655. The van der Waals surface area contributed by atoms with Crippen LogP contribution in [0.2, 0.25) is 0 Å². The van der Waals surface area contributed by atoms with Crippen LogP contribution in [0.3, 0.4) is 0 Å². The molecule has 0 bridgehead atoms. The second-order valence-electron chi connectivity index (χ2n) is 12.6. The van der Waals surface area contributed by atoms with Gasteiger partial charge in [0.05, 0.1) is 0 Å². The van der Waals surface area contributed by atoms with Crippen LogP contribution in [0.25, 0.3) is 87.7 Å². The molecule has 3 nitrogen and oxygen atoms in total. The van der Waals surface area contributed by atoms with Crippen LogP contribution in [0.4, 0.5) is 0 Å². The van der Waals surface area contributed by atoms with Crippen molar-refractivity contribution in [2.24, 2.45) is 0 Å². The number of nitrogens with zero attached hydrogens (tertiary/aromatic N) is 3. The Morgan fingerprint density at radius 1 is 0.360 bits per heavy atom. The molecule has 2 aromatic heterocycles. The monoisotopic (exact) mass is 657 g/mol. The third kappa shape index (κ3) is 5.66. The van der Waals surface area contributed by atoms with E-state index < -0.39 is 0 Å². The summed E-state index contributed by atoms with van der Waals surface area (Å²) >= 11 is 1.81. The Hall–Kier alpha value is -6.23. The second kappa shape index (κ2) is 12.7. The van der Waals surface area contributed by atoms with E-state index in [2.05, 4.69) is 146 Å². The maximum atomic E-state index is 5.06. The highest BCUT2D eigenvalue weighted by Gasteiger charge is 2.16. The standard InChI is InChI=1S/C46H31N3S/c1-30-10-8-15-37(28-30)33-20-24-36(25-21-33)45-47-44(35-13-6-3-7-14-35)48-46(49-45)38-26-27-40-42(29-38)50-41-17-9-16-39(43(40)41)34-22-18-32(19-23-34)31-11-4-2-5-12-31/h2-29H,1H3. The smallest absolute Gasteiger partial charge is 0.164 e. The molecule has 0 atom stereocenters. The van der Waals surface area contributed by atoms with E-state index in [-0.39, 0.29) is 0 Å². The summed E-state index contributed by atoms with van der Waals surface area (Å²) in [6, 6.07) is 59.9. The molecule has 0 radical (unpaired) electrons. The Labute approximate surface area is 295 Å². The first-order valence-electron chi connectivity index (χ1n) is 16.8. The molecule has 0 unspecified atom stereocenters. The molecule has 2 heterocycles. The molecular weight excluding hydrogens is 627 g/mol. The van der Waals surface area contributed by atoms with Gasteiger partial charge in [0, 0.05) is 36.9 Å². The molecule has 0 aliphatic rings. The number of aromatic nitrogens is 3. The number of fused-ring (bicyclic) bond motifs is 3. The zero-order chi connectivity index (χ0) is 33.4. The van der Waals surface area contributed by atoms with Crippen molar-refractivity contribution < 1.29 is 0 Å². The van der Waals surface area contributed by atoms with Gasteiger partial charge in [0.15, 0.2) is 17.5 Å². The van der Waals surface area contributed by atoms with Crippen molar-refractivity contribution in [1.82, 2.24) is 15.0 Å². The topological polar surface area (TPSA) is 38.7 Å². The molecule has 0 aliphatic carbocycles. The lowest BCUT2D eigenvalue weighted by molar-refractivity contribution is 1.07. The number of hydrogen-bond donors (Lipinski definition) is 0. The molecule has 0 N–H and O–H groups in total. The van der Waals surface area contributed by atoms with Gasteiger partial charge in [0.25, 0.3) is 0 Å². The lowest BCUT2D eigenvalue weighted by atomic mass is 9.97. The number of benzene rings is 7. The molecule has 4 heteroatoms. The SMILES string of the molecule is Cc1cccc(-c2ccc(-c3nc(-c4ccccc4)nc(-c4ccc5c(c4)sc4cccc(-c6ccc(-c7ccccc7)cc6)c45)n3)cc2)c1. The lowest BCUT2D eigenvalue weighted by Gasteiger charge is -2.10. The highest BCUT2D eigenvalue weighted by molar-refractivity contribution is 7.26. The molecule has 50 heavy (non-hydrogen) atoms. The van der Waals surface area contributed by atoms with Crippen molar-refractivity contribution in [1.29, 1.82) is 0 Å². The first-order valence-corrected chi connectivity index (χ1v) is 17.6. The van der Waals surface area contributed by atoms with E-state index >= 15 is 0 Å². The van der Waals surface area contributed by atoms with Gasteiger partial charge < -0.3 is 0 Å². The van der Waals surface area contributed by atoms with Crippen LogP contribution in [0.5, 0.6) is 0 Å². The van der Waals surface area contributed by atoms with Crippen molar-refractivity contribution in [2.45, 2.75) is 6.92 Å². The lowest BCUT2D eigenvalue weighted by Crippen LogP contribution is -2.00. The summed E-state index contributed by atoms with van der Waals surface area (Å²) in [5.41, 5.74) is 11.4. The van der Waals surface area contributed by atoms with E-state index in [0.717, 1.165) is 22.3 Å². The fourth-order valence-corrected chi connectivity index (χ4v) is 7.84. The second-order valence-corrected chi connectivity index (χ2v) is 13.6. The first-order chi connectivity index (χ1) is 24.7. The summed E-state index contributed by atoms with van der Waals surface area (Å²) in [6.45, 7) is 2.12. The van der Waals surface area contributed by atoms with Crippen LogP contribution < -0.4 is 0 Å². The van der Waals surface area contributed by atoms with Gasteiger partial charge in [-0.3, -0.25) is 0 Å². The van der Waals surface area contributed by atoms with Crippen LogP contribution in [0.15, 0.2) is 170 Å². The van der Waals surface area contributed by atoms with Crippen LogP contribution in [0.1, 0.15) is 5.56 Å². The van der Waals surface area contributed by atoms with E-state index in [1.54, 1.807) is 0 Å². The predicted octanol–water partition coefficient (Wildman–Crippen LogP) is 12.5. The normalized spacial score (nSPS) is 11.3. The van der Waals surface area contributed by atoms with Crippen LogP contribution in [-0.2, 0) is 0 Å². The van der Waals surface area contributed by atoms with Crippen LogP contribution in [0, 0.1) is 6.92 Å². The molecule has 0 fully saturated rings. The van der Waals surface area contributed by atoms with Crippen LogP contribution in [-0.4, -0.2) is 15.0 Å². The van der Waals surface area contributed by atoms with E-state index in [1.807, 2.05) is 41.7 Å². The van der Waals surface area contributed by atoms with Gasteiger partial charge in [0.1, 0.15) is 0 Å². The summed E-state index contributed by atoms with van der Waals surface area (Å²) in [5.74, 6) is 1.97. The maximum Gasteiger partial charge on any atom is 0.164 e. The highest BCUT2D eigenvalue weighted by atomic mass is 32.1. The molecule has 0 saturated carbocycles. The summed E-state index contributed by atoms with van der Waals surface area (Å²) in [4.78, 5) is 15.0. The number of hydrogen-bond acceptors (Lipinski definition) is 4. The van der Waals surface area contributed by atoms with Gasteiger partial charge >= 0.3 is 0 Å². The Morgan fingerprint density at radius 3 is 1.54 bits per heavy atom. The summed E-state index contributed by atoms with van der Waals surface area (Å²) in [7, 11) is 0. The first kappa shape index (κ1) is 29.9. The van der Waals surface area contributed by atoms with Crippen molar-refractivity contribution in [3.63, 3.8) is 0 Å². The van der Waals surface area contributed by atoms with Gasteiger partial charge in [-0.2, -0.15) is 0 Å². The fourth-order valence-electron chi connectivity index (χ4n) is 6.67. The predicted molar refractivity (Wildman–Crippen MR) is 210 cm³/mol. The minimum absolute atomic E-state index is 0.655. The highest BCUT2D eigenvalue weighted by Crippen LogP contribution is 2.41. The summed E-state index contributed by atoms with van der Waals surface area (Å²) in [5, 5.41) is 2.52. The molecule has 0 spiro atoms. The molecule has 0 saturated heterocycles. The van der Waals surface area contributed by atoms with E-state index in [4.69, 9.17) is 15.0 Å². The Balaban J connectivity index is 1.12. The number of aryl methyl sites for hydroxylation is 1. The Kier molecular flexibility index (Phi) is 7.57.